The van der Waals surface area contributed by atoms with Gasteiger partial charge in [-0.2, -0.15) is 0 Å². The number of fused-ring (bicyclic) bond motifs is 1. The number of phenols is 1. The van der Waals surface area contributed by atoms with E-state index in [4.69, 9.17) is 14.2 Å². The summed E-state index contributed by atoms with van der Waals surface area (Å²) in [6, 6.07) is 19.0. The van der Waals surface area contributed by atoms with E-state index in [2.05, 4.69) is 23.9 Å². The molecule has 2 unspecified atom stereocenters. The third kappa shape index (κ3) is 6.58. The second-order valence-electron chi connectivity index (χ2n) is 12.1. The number of benzene rings is 3. The highest BCUT2D eigenvalue weighted by Crippen LogP contribution is 2.42. The SMILES string of the molecule is COc1cc(C(=O)c2c(-c3ccc(OCCN4CCCC4)cc3)sc3cc(O)ccc23)ccc1OC1CCCCC1N(C)C. The van der Waals surface area contributed by atoms with Crippen LogP contribution in [0.15, 0.2) is 60.7 Å². The molecule has 2 fully saturated rings. The largest absolute Gasteiger partial charge is 0.508 e. The molecular weight excluding hydrogens is 572 g/mol. The minimum Gasteiger partial charge on any atom is -0.508 e. The topological polar surface area (TPSA) is 71.5 Å². The van der Waals surface area contributed by atoms with Crippen molar-refractivity contribution in [3.05, 3.63) is 71.8 Å². The Labute approximate surface area is 264 Å². The first-order valence-electron chi connectivity index (χ1n) is 15.7. The summed E-state index contributed by atoms with van der Waals surface area (Å²) in [5.41, 5.74) is 2.07. The fraction of sp³-hybridized carbons (Fsp3) is 0.417. The second-order valence-corrected chi connectivity index (χ2v) is 13.1. The van der Waals surface area contributed by atoms with Gasteiger partial charge in [-0.25, -0.2) is 0 Å². The number of carbonyl (C=O) groups excluding carboxylic acids is 1. The quantitative estimate of drug-likeness (QED) is 0.179. The summed E-state index contributed by atoms with van der Waals surface area (Å²) < 4.78 is 19.1. The molecular formula is C36H42N2O5S. The summed E-state index contributed by atoms with van der Waals surface area (Å²) in [6.45, 7) is 3.90. The average Bonchev–Trinajstić information content (AvgIpc) is 3.69. The molecule has 1 saturated heterocycles. The molecule has 3 aromatic carbocycles. The molecule has 4 aromatic rings. The van der Waals surface area contributed by atoms with Crippen molar-refractivity contribution in [2.45, 2.75) is 50.7 Å². The number of ketones is 1. The third-order valence-electron chi connectivity index (χ3n) is 8.93. The van der Waals surface area contributed by atoms with Crippen LogP contribution in [0.3, 0.4) is 0 Å². The molecule has 232 valence electrons. The monoisotopic (exact) mass is 614 g/mol. The fourth-order valence-corrected chi connectivity index (χ4v) is 7.77. The predicted molar refractivity (Wildman–Crippen MR) is 177 cm³/mol. The number of hydrogen-bond donors (Lipinski definition) is 1. The lowest BCUT2D eigenvalue weighted by atomic mass is 9.91. The van der Waals surface area contributed by atoms with Crippen molar-refractivity contribution < 1.29 is 24.1 Å². The lowest BCUT2D eigenvalue weighted by molar-refractivity contribution is 0.0601. The first-order valence-corrected chi connectivity index (χ1v) is 16.5. The van der Waals surface area contributed by atoms with E-state index < -0.39 is 0 Å². The maximum Gasteiger partial charge on any atom is 0.195 e. The highest BCUT2D eigenvalue weighted by atomic mass is 32.1. The molecule has 1 aliphatic heterocycles. The van der Waals surface area contributed by atoms with Crippen molar-refractivity contribution in [2.75, 3.05) is 47.4 Å². The van der Waals surface area contributed by atoms with Gasteiger partial charge in [0.25, 0.3) is 0 Å². The van der Waals surface area contributed by atoms with E-state index in [1.54, 1.807) is 25.3 Å². The Balaban J connectivity index is 1.27. The molecule has 8 heteroatoms. The van der Waals surface area contributed by atoms with E-state index in [1.807, 2.05) is 42.5 Å². The van der Waals surface area contributed by atoms with Crippen LogP contribution >= 0.6 is 11.3 Å². The molecule has 0 amide bonds. The van der Waals surface area contributed by atoms with Crippen LogP contribution in [0, 0.1) is 0 Å². The van der Waals surface area contributed by atoms with Crippen LogP contribution in [0.25, 0.3) is 20.5 Å². The summed E-state index contributed by atoms with van der Waals surface area (Å²) in [5, 5.41) is 11.0. The molecule has 0 radical (unpaired) electrons. The van der Waals surface area contributed by atoms with Gasteiger partial charge in [0.1, 0.15) is 24.2 Å². The van der Waals surface area contributed by atoms with Crippen LogP contribution in [0.5, 0.6) is 23.0 Å². The number of carbonyl (C=O) groups is 1. The van der Waals surface area contributed by atoms with Crippen molar-refractivity contribution in [1.82, 2.24) is 9.80 Å². The van der Waals surface area contributed by atoms with Gasteiger partial charge in [0.15, 0.2) is 17.3 Å². The first-order chi connectivity index (χ1) is 21.4. The zero-order chi connectivity index (χ0) is 30.6. The number of thiophene rings is 1. The molecule has 2 heterocycles. The lowest BCUT2D eigenvalue weighted by Gasteiger charge is -2.36. The third-order valence-corrected chi connectivity index (χ3v) is 10.1. The minimum atomic E-state index is -0.100. The van der Waals surface area contributed by atoms with E-state index in [1.165, 1.54) is 30.6 Å². The fourth-order valence-electron chi connectivity index (χ4n) is 6.53. The number of ether oxygens (including phenoxy) is 3. The van der Waals surface area contributed by atoms with Crippen LogP contribution in [0.4, 0.5) is 0 Å². The number of rotatable bonds is 11. The highest BCUT2D eigenvalue weighted by Gasteiger charge is 2.30. The van der Waals surface area contributed by atoms with Gasteiger partial charge in [-0.3, -0.25) is 9.69 Å². The normalized spacial score (nSPS) is 19.0. The van der Waals surface area contributed by atoms with E-state index >= 15 is 0 Å². The van der Waals surface area contributed by atoms with Crippen molar-refractivity contribution in [2.24, 2.45) is 0 Å². The van der Waals surface area contributed by atoms with Gasteiger partial charge in [-0.1, -0.05) is 6.42 Å². The number of nitrogens with zero attached hydrogens (tertiary/aromatic N) is 2. The molecule has 2 aliphatic rings. The van der Waals surface area contributed by atoms with Crippen molar-refractivity contribution in [1.29, 1.82) is 0 Å². The molecule has 1 aliphatic carbocycles. The molecule has 6 rings (SSSR count). The van der Waals surface area contributed by atoms with Crippen LogP contribution in [0.2, 0.25) is 0 Å². The van der Waals surface area contributed by atoms with Crippen molar-refractivity contribution in [3.63, 3.8) is 0 Å². The summed E-state index contributed by atoms with van der Waals surface area (Å²) in [4.78, 5) is 19.8. The number of methoxy groups -OCH3 is 1. The molecule has 0 spiro atoms. The van der Waals surface area contributed by atoms with Crippen LogP contribution in [0.1, 0.15) is 54.4 Å². The van der Waals surface area contributed by atoms with Gasteiger partial charge in [0, 0.05) is 38.7 Å². The van der Waals surface area contributed by atoms with Crippen LogP contribution in [-0.4, -0.2) is 80.3 Å². The Hall–Kier alpha value is -3.59. The molecule has 1 N–H and O–H groups in total. The number of hydrogen-bond acceptors (Lipinski definition) is 8. The Morgan fingerprint density at radius 1 is 0.955 bits per heavy atom. The number of likely N-dealkylation sites (N-methyl/N-ethyl adjacent to an activating group) is 1. The average molecular weight is 615 g/mol. The van der Waals surface area contributed by atoms with Gasteiger partial charge in [-0.15, -0.1) is 11.3 Å². The Morgan fingerprint density at radius 2 is 1.73 bits per heavy atom. The Bertz CT molecular complexity index is 1590. The molecule has 2 atom stereocenters. The van der Waals surface area contributed by atoms with E-state index in [0.717, 1.165) is 65.2 Å². The van der Waals surface area contributed by atoms with Gasteiger partial charge in [-0.05, 0) is 126 Å². The molecule has 0 bridgehead atoms. The van der Waals surface area contributed by atoms with Crippen molar-refractivity contribution in [3.8, 4) is 33.4 Å². The zero-order valence-electron chi connectivity index (χ0n) is 25.9. The summed E-state index contributed by atoms with van der Waals surface area (Å²) >= 11 is 1.51. The molecule has 44 heavy (non-hydrogen) atoms. The Kier molecular flexibility index (Phi) is 9.40. The zero-order valence-corrected chi connectivity index (χ0v) is 26.7. The van der Waals surface area contributed by atoms with Gasteiger partial charge < -0.3 is 24.2 Å². The second kappa shape index (κ2) is 13.6. The molecule has 1 saturated carbocycles. The number of aromatic hydroxyl groups is 1. The summed E-state index contributed by atoms with van der Waals surface area (Å²) in [6.07, 6.45) is 7.05. The highest BCUT2D eigenvalue weighted by molar-refractivity contribution is 7.22. The minimum absolute atomic E-state index is 0.0708. The maximum absolute atomic E-state index is 14.3. The number of phenolic OH excluding ortho intramolecular Hbond substituents is 1. The van der Waals surface area contributed by atoms with Gasteiger partial charge in [0.2, 0.25) is 0 Å². The molecule has 1 aromatic heterocycles. The smallest absolute Gasteiger partial charge is 0.195 e. The summed E-state index contributed by atoms with van der Waals surface area (Å²) in [5.74, 6) is 2.09. The maximum atomic E-state index is 14.3. The predicted octanol–water partition coefficient (Wildman–Crippen LogP) is 7.24. The lowest BCUT2D eigenvalue weighted by Crippen LogP contribution is -2.44. The van der Waals surface area contributed by atoms with E-state index in [0.29, 0.717) is 35.3 Å². The first kappa shape index (κ1) is 30.4. The summed E-state index contributed by atoms with van der Waals surface area (Å²) in [7, 11) is 5.82. The number of likely N-dealkylation sites (tertiary alicyclic amines) is 1. The van der Waals surface area contributed by atoms with Gasteiger partial charge >= 0.3 is 0 Å². The van der Waals surface area contributed by atoms with E-state index in [9.17, 15) is 9.90 Å². The van der Waals surface area contributed by atoms with Crippen LogP contribution < -0.4 is 14.2 Å². The van der Waals surface area contributed by atoms with Crippen LogP contribution in [-0.2, 0) is 0 Å². The van der Waals surface area contributed by atoms with E-state index in [-0.39, 0.29) is 17.6 Å². The standard InChI is InChI=1S/C36H42N2O5S/c1-37(2)29-8-4-5-9-30(29)43-31-17-12-25(22-32(31)41-3)35(40)34-28-16-13-26(39)23-33(28)44-36(34)24-10-14-27(15-11-24)42-21-20-38-18-6-7-19-38/h10-17,22-23,29-30,39H,4-9,18-21H2,1-3H3. The Morgan fingerprint density at radius 3 is 2.48 bits per heavy atom. The van der Waals surface area contributed by atoms with Crippen molar-refractivity contribution >= 4 is 27.2 Å². The van der Waals surface area contributed by atoms with Gasteiger partial charge in [0.05, 0.1) is 7.11 Å². The molecule has 7 nitrogen and oxygen atoms in total.